The van der Waals surface area contributed by atoms with E-state index in [9.17, 15) is 0 Å². The van der Waals surface area contributed by atoms with Gasteiger partial charge in [0.2, 0.25) is 0 Å². The van der Waals surface area contributed by atoms with Gasteiger partial charge in [-0.15, -0.1) is 0 Å². The molecule has 17 heavy (non-hydrogen) atoms. The molecule has 1 aromatic rings. The van der Waals surface area contributed by atoms with Gasteiger partial charge in [0.25, 0.3) is 0 Å². The van der Waals surface area contributed by atoms with Gasteiger partial charge in [0, 0.05) is 23.9 Å². The fraction of sp³-hybridized carbons (Fsp3) is 0.500. The van der Waals surface area contributed by atoms with Crippen molar-refractivity contribution < 1.29 is 9.47 Å². The van der Waals surface area contributed by atoms with E-state index in [-0.39, 0.29) is 0 Å². The number of aryl methyl sites for hydroxylation is 1. The second kappa shape index (κ2) is 10.9. The fourth-order valence-corrected chi connectivity index (χ4v) is 1.30. The van der Waals surface area contributed by atoms with E-state index in [2.05, 4.69) is 5.32 Å². The predicted molar refractivity (Wildman–Crippen MR) is 64.9 cm³/mol. The largest absolute Gasteiger partial charge is 0.496 e. The van der Waals surface area contributed by atoms with Crippen molar-refractivity contribution in [2.45, 2.75) is 6.92 Å². The smallest absolute Gasteiger partial charge is 0.121 e. The van der Waals surface area contributed by atoms with E-state index in [0.717, 1.165) is 32.1 Å². The minimum absolute atomic E-state index is 0.889. The Hall–Kier alpha value is -1.64. The first-order valence-corrected chi connectivity index (χ1v) is 5.42. The van der Waals surface area contributed by atoms with Crippen LogP contribution in [0.2, 0.25) is 0 Å². The van der Waals surface area contributed by atoms with Crippen molar-refractivity contribution in [3.05, 3.63) is 29.8 Å². The molecule has 0 amide bonds. The lowest BCUT2D eigenvalue weighted by Gasteiger charge is -2.10. The third-order valence-electron chi connectivity index (χ3n) is 2.16. The van der Waals surface area contributed by atoms with E-state index in [1.807, 2.05) is 31.2 Å². The summed E-state index contributed by atoms with van der Waals surface area (Å²) >= 11 is 0. The highest BCUT2D eigenvalue weighted by atomic mass is 16.5. The molecule has 1 heterocycles. The van der Waals surface area contributed by atoms with E-state index in [1.54, 1.807) is 7.11 Å². The van der Waals surface area contributed by atoms with Gasteiger partial charge < -0.3 is 14.8 Å². The average molecular weight is 237 g/mol. The zero-order valence-corrected chi connectivity index (χ0v) is 10.3. The number of para-hydroxylation sites is 1. The number of morpholine rings is 1. The van der Waals surface area contributed by atoms with Gasteiger partial charge in [0.1, 0.15) is 5.75 Å². The molecule has 0 atom stereocenters. The summed E-state index contributed by atoms with van der Waals surface area (Å²) in [5, 5.41) is 15.2. The van der Waals surface area contributed by atoms with Gasteiger partial charge in [0.05, 0.1) is 20.3 Å². The maximum Gasteiger partial charge on any atom is 0.121 e. The van der Waals surface area contributed by atoms with E-state index in [0.29, 0.717) is 0 Å². The van der Waals surface area contributed by atoms with Crippen LogP contribution in [0.15, 0.2) is 24.3 Å². The Balaban J connectivity index is 0.000000278. The molecule has 1 N–H and O–H groups in total. The van der Waals surface area contributed by atoms with E-state index < -0.39 is 0 Å². The van der Waals surface area contributed by atoms with Crippen LogP contribution in [-0.4, -0.2) is 33.4 Å². The molecule has 5 heteroatoms. The summed E-state index contributed by atoms with van der Waals surface area (Å²) in [6.07, 6.45) is 0. The van der Waals surface area contributed by atoms with E-state index in [4.69, 9.17) is 20.3 Å². The number of hydrogen-bond acceptors (Lipinski definition) is 5. The van der Waals surface area contributed by atoms with Gasteiger partial charge in [-0.25, -0.2) is 0 Å². The molecular weight excluding hydrogens is 218 g/mol. The zero-order valence-electron chi connectivity index (χ0n) is 10.3. The maximum absolute atomic E-state index is 6.00. The van der Waals surface area contributed by atoms with E-state index >= 15 is 0 Å². The summed E-state index contributed by atoms with van der Waals surface area (Å²) in [5.74, 6) is 0.956. The number of hydrogen-bond donors (Lipinski definition) is 1. The summed E-state index contributed by atoms with van der Waals surface area (Å²) in [7, 11) is 1.68. The number of ether oxygens (including phenoxy) is 2. The Labute approximate surface area is 102 Å². The Morgan fingerprint density at radius 3 is 2.06 bits per heavy atom. The van der Waals surface area contributed by atoms with Crippen molar-refractivity contribution in [3.8, 4) is 5.75 Å². The van der Waals surface area contributed by atoms with Crippen LogP contribution in [0.25, 0.3) is 0 Å². The molecular formula is C12H19N3O2. The third kappa shape index (κ3) is 7.28. The SMILES string of the molecule is C1COCCN1.COc1ccccc1C.N#N. The van der Waals surface area contributed by atoms with Crippen LogP contribution in [0.1, 0.15) is 5.56 Å². The van der Waals surface area contributed by atoms with Crippen molar-refractivity contribution in [2.75, 3.05) is 33.4 Å². The number of benzene rings is 1. The van der Waals surface area contributed by atoms with Crippen LogP contribution >= 0.6 is 0 Å². The molecule has 0 aromatic heterocycles. The van der Waals surface area contributed by atoms with Crippen LogP contribution in [0, 0.1) is 17.7 Å². The van der Waals surface area contributed by atoms with Crippen molar-refractivity contribution in [1.82, 2.24) is 5.32 Å². The first-order chi connectivity index (χ1) is 8.34. The van der Waals surface area contributed by atoms with Gasteiger partial charge in [-0.05, 0) is 18.6 Å². The summed E-state index contributed by atoms with van der Waals surface area (Å²) in [4.78, 5) is 0. The normalized spacial score (nSPS) is 13.4. The number of nitrogens with zero attached hydrogens (tertiary/aromatic N) is 2. The molecule has 0 bridgehead atoms. The van der Waals surface area contributed by atoms with Crippen LogP contribution < -0.4 is 10.1 Å². The molecule has 0 spiro atoms. The van der Waals surface area contributed by atoms with Crippen molar-refractivity contribution in [1.29, 1.82) is 10.8 Å². The lowest BCUT2D eigenvalue weighted by Crippen LogP contribution is -2.30. The molecule has 1 saturated heterocycles. The summed E-state index contributed by atoms with van der Waals surface area (Å²) in [6.45, 7) is 5.86. The van der Waals surface area contributed by atoms with Gasteiger partial charge in [0.15, 0.2) is 0 Å². The summed E-state index contributed by atoms with van der Waals surface area (Å²) in [5.41, 5.74) is 1.18. The van der Waals surface area contributed by atoms with Crippen molar-refractivity contribution >= 4 is 0 Å². The molecule has 1 aromatic carbocycles. The van der Waals surface area contributed by atoms with Crippen LogP contribution in [0.3, 0.4) is 0 Å². The first-order valence-electron chi connectivity index (χ1n) is 5.42. The van der Waals surface area contributed by atoms with Gasteiger partial charge >= 0.3 is 0 Å². The Bertz CT molecular complexity index is 300. The molecule has 94 valence electrons. The summed E-state index contributed by atoms with van der Waals surface area (Å²) in [6, 6.07) is 7.94. The van der Waals surface area contributed by atoms with Crippen molar-refractivity contribution in [2.24, 2.45) is 0 Å². The zero-order chi connectivity index (χ0) is 12.9. The average Bonchev–Trinajstić information content (AvgIpc) is 2.44. The quantitative estimate of drug-likeness (QED) is 0.751. The molecule has 1 aliphatic rings. The van der Waals surface area contributed by atoms with E-state index in [1.165, 1.54) is 5.56 Å². The summed E-state index contributed by atoms with van der Waals surface area (Å²) < 4.78 is 10.1. The van der Waals surface area contributed by atoms with Crippen molar-refractivity contribution in [3.63, 3.8) is 0 Å². The minimum atomic E-state index is 0.889. The Kier molecular flexibility index (Phi) is 9.82. The molecule has 5 nitrogen and oxygen atoms in total. The molecule has 0 aliphatic carbocycles. The minimum Gasteiger partial charge on any atom is -0.496 e. The lowest BCUT2D eigenvalue weighted by atomic mass is 10.2. The van der Waals surface area contributed by atoms with Gasteiger partial charge in [-0.3, -0.25) is 0 Å². The molecule has 1 fully saturated rings. The molecule has 0 unspecified atom stereocenters. The monoisotopic (exact) mass is 237 g/mol. The molecule has 0 radical (unpaired) electrons. The maximum atomic E-state index is 6.00. The first kappa shape index (κ1) is 15.4. The second-order valence-electron chi connectivity index (χ2n) is 3.33. The third-order valence-corrected chi connectivity index (χ3v) is 2.16. The fourth-order valence-electron chi connectivity index (χ4n) is 1.30. The van der Waals surface area contributed by atoms with Crippen LogP contribution in [0.4, 0.5) is 0 Å². The van der Waals surface area contributed by atoms with Crippen LogP contribution in [0.5, 0.6) is 5.75 Å². The standard InChI is InChI=1S/C8H10O.C4H9NO.N2/c1-7-5-3-4-6-8(7)9-2;1-3-6-4-2-5-1;1-2/h3-6H,1-2H3;5H,1-4H2;. The highest BCUT2D eigenvalue weighted by Gasteiger charge is 1.93. The molecule has 1 aliphatic heterocycles. The number of rotatable bonds is 1. The molecule has 0 saturated carbocycles. The highest BCUT2D eigenvalue weighted by Crippen LogP contribution is 2.14. The number of methoxy groups -OCH3 is 1. The topological polar surface area (TPSA) is 78.1 Å². The number of nitrogens with one attached hydrogen (secondary N) is 1. The highest BCUT2D eigenvalue weighted by molar-refractivity contribution is 5.31. The molecule has 2 rings (SSSR count). The second-order valence-corrected chi connectivity index (χ2v) is 3.33. The predicted octanol–water partition coefficient (Wildman–Crippen LogP) is 1.64. The lowest BCUT2D eigenvalue weighted by molar-refractivity contribution is 0.109. The van der Waals surface area contributed by atoms with Crippen LogP contribution in [-0.2, 0) is 4.74 Å². The van der Waals surface area contributed by atoms with Gasteiger partial charge in [-0.2, -0.15) is 0 Å². The Morgan fingerprint density at radius 2 is 1.76 bits per heavy atom. The van der Waals surface area contributed by atoms with Gasteiger partial charge in [-0.1, -0.05) is 18.2 Å². The Morgan fingerprint density at radius 1 is 1.18 bits per heavy atom.